The normalized spacial score (nSPS) is 26.7. The van der Waals surface area contributed by atoms with Gasteiger partial charge in [0.2, 0.25) is 12.4 Å². The molecule has 1 aromatic heterocycles. The lowest BCUT2D eigenvalue weighted by Gasteiger charge is -2.42. The molecule has 22 heteroatoms. The number of Topliss-reactive ketones (excluding diaryl/α,β-unsaturated/α-hetero) is 1. The second kappa shape index (κ2) is 25.2. The Balaban J connectivity index is 1.43. The van der Waals surface area contributed by atoms with Crippen molar-refractivity contribution >= 4 is 69.0 Å². The Kier molecular flexibility index (Phi) is 19.8. The molecule has 1 saturated heterocycles. The van der Waals surface area contributed by atoms with Gasteiger partial charge in [-0.1, -0.05) is 36.8 Å². The predicted octanol–water partition coefficient (Wildman–Crippen LogP) is 7.59. The van der Waals surface area contributed by atoms with Gasteiger partial charge < -0.3 is 47.7 Å². The summed E-state index contributed by atoms with van der Waals surface area (Å²) in [6.45, 7) is 14.8. The molecule has 0 amide bonds. The van der Waals surface area contributed by atoms with Gasteiger partial charge in [-0.05, 0) is 88.6 Å². The van der Waals surface area contributed by atoms with Crippen molar-refractivity contribution < 1.29 is 86.2 Å². The predicted molar refractivity (Wildman–Crippen MR) is 258 cm³/mol. The fourth-order valence-electron chi connectivity index (χ4n) is 8.70. The molecule has 0 saturated carbocycles. The van der Waals surface area contributed by atoms with E-state index < -0.39 is 132 Å². The summed E-state index contributed by atoms with van der Waals surface area (Å²) in [7, 11) is 0.985. The quantitative estimate of drug-likeness (QED) is 0.0567. The van der Waals surface area contributed by atoms with Gasteiger partial charge in [-0.3, -0.25) is 34.1 Å². The van der Waals surface area contributed by atoms with E-state index in [1.54, 1.807) is 0 Å². The number of esters is 5. The van der Waals surface area contributed by atoms with Crippen LogP contribution in [0.25, 0.3) is 10.2 Å². The first-order valence-electron chi connectivity index (χ1n) is 23.5. The smallest absolute Gasteiger partial charge is 0.467 e. The molecule has 1 fully saturated rings. The molecule has 21 nitrogen and oxygen atoms in total. The monoisotopic (exact) mass is 1040 g/mol. The second-order valence-electron chi connectivity index (χ2n) is 18.5. The maximum atomic E-state index is 14.6. The van der Waals surface area contributed by atoms with Crippen LogP contribution in [0.1, 0.15) is 109 Å². The lowest BCUT2D eigenvalue weighted by molar-refractivity contribution is -0.387. The van der Waals surface area contributed by atoms with Crippen LogP contribution in [0.3, 0.4) is 0 Å². The minimum atomic E-state index is -1.93. The minimum Gasteiger partial charge on any atom is -0.467 e. The second-order valence-corrected chi connectivity index (χ2v) is 19.7. The third kappa shape index (κ3) is 14.9. The Morgan fingerprint density at radius 3 is 2.29 bits per heavy atom. The highest BCUT2D eigenvalue weighted by molar-refractivity contribution is 7.18. The highest BCUT2D eigenvalue weighted by atomic mass is 32.1. The molecule has 10 atom stereocenters. The molecule has 2 aliphatic rings. The number of benzene rings is 2. The molecule has 0 spiro atoms. The van der Waals surface area contributed by atoms with Gasteiger partial charge in [-0.15, -0.1) is 17.9 Å². The standard InChI is InChI=1S/C51H62N2O19S/c1-11-13-34-42(58)27(3)15-12-14-26(2)16-19-37(33-18-21-39-35(23-33)52-28(4)73-39)69-41(57)24-40(51(8,9)47(34)59)71-50(61)65-25-32-17-20-38(36(22-32)53(62)63)70-49-46(68-31(7)56)44(67-30(6)55)43(66-29(5)54)45(72-49)48(60)64-10/h11,16-18,20-23,27,34,37,40,42-46,49,58H,1,12-15,19,24-25H2,2-10H3/b26-16-/t27-,34+,37-,40-,42-,43+,44-,45-,46+,49+/m0/s1. The van der Waals surface area contributed by atoms with E-state index in [9.17, 15) is 48.8 Å². The number of hydrogen-bond donors (Lipinski definition) is 1. The van der Waals surface area contributed by atoms with Crippen molar-refractivity contribution in [1.82, 2.24) is 4.98 Å². The Morgan fingerprint density at radius 2 is 1.64 bits per heavy atom. The van der Waals surface area contributed by atoms with Gasteiger partial charge in [0.05, 0.1) is 45.2 Å². The summed E-state index contributed by atoms with van der Waals surface area (Å²) >= 11 is 1.52. The molecular formula is C51H62N2O19S. The number of aromatic nitrogens is 1. The van der Waals surface area contributed by atoms with E-state index in [0.29, 0.717) is 31.2 Å². The number of thiazole rings is 1. The van der Waals surface area contributed by atoms with Crippen molar-refractivity contribution in [3.05, 3.63) is 87.0 Å². The molecular weight excluding hydrogens is 977 g/mol. The largest absolute Gasteiger partial charge is 0.508 e. The number of carbonyl (C=O) groups excluding carboxylic acids is 7. The lowest BCUT2D eigenvalue weighted by atomic mass is 9.71. The highest BCUT2D eigenvalue weighted by Gasteiger charge is 2.56. The van der Waals surface area contributed by atoms with Crippen LogP contribution in [-0.4, -0.2) is 107 Å². The fourth-order valence-corrected chi connectivity index (χ4v) is 9.51. The zero-order valence-electron chi connectivity index (χ0n) is 42.1. The number of methoxy groups -OCH3 is 1. The number of aryl methyl sites for hydroxylation is 1. The first-order chi connectivity index (χ1) is 34.4. The van der Waals surface area contributed by atoms with Gasteiger partial charge in [0, 0.05) is 39.2 Å². The minimum absolute atomic E-state index is 0.00612. The van der Waals surface area contributed by atoms with E-state index in [4.69, 9.17) is 42.6 Å². The summed E-state index contributed by atoms with van der Waals surface area (Å²) < 4.78 is 50.6. The summed E-state index contributed by atoms with van der Waals surface area (Å²) in [6, 6.07) is 8.92. The van der Waals surface area contributed by atoms with Crippen LogP contribution in [0.2, 0.25) is 0 Å². The van der Waals surface area contributed by atoms with E-state index in [1.807, 2.05) is 45.0 Å². The molecule has 0 radical (unpaired) electrons. The summed E-state index contributed by atoms with van der Waals surface area (Å²) in [5.41, 5.74) is 0.0646. The van der Waals surface area contributed by atoms with Crippen LogP contribution in [-0.2, 0) is 73.3 Å². The van der Waals surface area contributed by atoms with Crippen LogP contribution in [0.4, 0.5) is 10.5 Å². The Morgan fingerprint density at radius 1 is 0.973 bits per heavy atom. The average Bonchev–Trinajstić information content (AvgIpc) is 3.70. The lowest BCUT2D eigenvalue weighted by Crippen LogP contribution is -2.64. The number of allylic oxidation sites excluding steroid dienone is 2. The van der Waals surface area contributed by atoms with Crippen molar-refractivity contribution in [2.45, 2.75) is 150 Å². The summed E-state index contributed by atoms with van der Waals surface area (Å²) in [5.74, 6) is -7.17. The van der Waals surface area contributed by atoms with Crippen LogP contribution >= 0.6 is 11.3 Å². The molecule has 0 unspecified atom stereocenters. The highest BCUT2D eigenvalue weighted by Crippen LogP contribution is 2.39. The van der Waals surface area contributed by atoms with Gasteiger partial charge >= 0.3 is 41.7 Å². The number of hydrogen-bond acceptors (Lipinski definition) is 21. The van der Waals surface area contributed by atoms with Crippen molar-refractivity contribution in [2.75, 3.05) is 7.11 Å². The van der Waals surface area contributed by atoms with Gasteiger partial charge in [-0.2, -0.15) is 0 Å². The maximum Gasteiger partial charge on any atom is 0.508 e. The molecule has 5 rings (SSSR count). The number of aliphatic hydroxyl groups excluding tert-OH is 1. The van der Waals surface area contributed by atoms with E-state index in [-0.39, 0.29) is 17.9 Å². The zero-order valence-corrected chi connectivity index (χ0v) is 43.0. The maximum absolute atomic E-state index is 14.6. The molecule has 73 heavy (non-hydrogen) atoms. The number of fused-ring (bicyclic) bond motifs is 1. The molecule has 2 aliphatic heterocycles. The van der Waals surface area contributed by atoms with Crippen molar-refractivity contribution in [2.24, 2.45) is 17.3 Å². The van der Waals surface area contributed by atoms with E-state index in [1.165, 1.54) is 37.3 Å². The Hall–Kier alpha value is -6.78. The van der Waals surface area contributed by atoms with E-state index in [0.717, 1.165) is 60.8 Å². The zero-order chi connectivity index (χ0) is 53.9. The summed E-state index contributed by atoms with van der Waals surface area (Å²) in [5, 5.41) is 25.0. The number of ether oxygens (including phenoxy) is 9. The number of cyclic esters (lactones) is 1. The Labute approximate surface area is 425 Å². The van der Waals surface area contributed by atoms with Crippen LogP contribution < -0.4 is 4.74 Å². The number of nitro groups is 1. The molecule has 0 bridgehead atoms. The molecule has 3 aromatic rings. The molecule has 2 aromatic carbocycles. The van der Waals surface area contributed by atoms with E-state index >= 15 is 0 Å². The van der Waals surface area contributed by atoms with Crippen molar-refractivity contribution in [3.8, 4) is 5.75 Å². The van der Waals surface area contributed by atoms with Crippen LogP contribution in [0.15, 0.2) is 60.7 Å². The molecule has 3 heterocycles. The topological polar surface area (TPSA) is 279 Å². The fraction of sp³-hybridized carbons (Fsp3) is 0.529. The number of nitrogens with zero attached hydrogens (tertiary/aromatic N) is 2. The third-order valence-electron chi connectivity index (χ3n) is 12.5. The summed E-state index contributed by atoms with van der Waals surface area (Å²) in [6.07, 6.45) is -8.54. The SMILES string of the molecule is C=CC[C@H]1C(=O)C(C)(C)[C@@H](OC(=O)OCc2ccc(O[C@@H]3O[C@H](C(=O)OC)[C@H](OC(C)=O)[C@H](OC(C)=O)[C@H]3OC(C)=O)c([N+](=O)[O-])c2)CC(=O)O[C@H](c2ccc3sc(C)nc3c2)C/C=C(/C)CCC[C@H](C)[C@@H]1O. The number of rotatable bonds is 13. The first kappa shape index (κ1) is 57.1. The van der Waals surface area contributed by atoms with Crippen LogP contribution in [0.5, 0.6) is 5.75 Å². The summed E-state index contributed by atoms with van der Waals surface area (Å²) in [4.78, 5) is 108. The van der Waals surface area contributed by atoms with Gasteiger partial charge in [0.1, 0.15) is 24.6 Å². The third-order valence-corrected chi connectivity index (χ3v) is 13.5. The number of ketones is 1. The first-order valence-corrected chi connectivity index (χ1v) is 24.3. The molecule has 396 valence electrons. The van der Waals surface area contributed by atoms with Crippen molar-refractivity contribution in [1.29, 1.82) is 0 Å². The van der Waals surface area contributed by atoms with Crippen LogP contribution in [0, 0.1) is 34.3 Å². The van der Waals surface area contributed by atoms with E-state index in [2.05, 4.69) is 11.6 Å². The average molecular weight is 1040 g/mol. The van der Waals surface area contributed by atoms with Crippen molar-refractivity contribution in [3.63, 3.8) is 0 Å². The number of carbonyl (C=O) groups is 7. The Bertz CT molecular complexity index is 2590. The van der Waals surface area contributed by atoms with Gasteiger partial charge in [0.15, 0.2) is 24.1 Å². The number of aliphatic hydroxyl groups is 1. The number of nitro benzene ring substituents is 1. The molecule has 1 N–H and O–H groups in total. The van der Waals surface area contributed by atoms with Gasteiger partial charge in [0.25, 0.3) is 0 Å². The molecule has 0 aliphatic carbocycles. The van der Waals surface area contributed by atoms with Gasteiger partial charge in [-0.25, -0.2) is 14.6 Å².